The molecule has 0 unspecified atom stereocenters. The van der Waals surface area contributed by atoms with E-state index in [9.17, 15) is 8.42 Å². The maximum absolute atomic E-state index is 10.3. The zero-order valence-electron chi connectivity index (χ0n) is 4.81. The molecule has 0 aliphatic carbocycles. The van der Waals surface area contributed by atoms with Crippen LogP contribution in [0.25, 0.3) is 0 Å². The lowest BCUT2D eigenvalue weighted by Crippen LogP contribution is -2.21. The summed E-state index contributed by atoms with van der Waals surface area (Å²) in [7, 11) is -3.65. The van der Waals surface area contributed by atoms with E-state index in [0.29, 0.717) is 0 Å². The number of hydrogen-bond acceptors (Lipinski definition) is 4. The van der Waals surface area contributed by atoms with Gasteiger partial charge >= 0.3 is 0 Å². The number of nitrogens with zero attached hydrogens (tertiary/aromatic N) is 1. The van der Waals surface area contributed by atoms with Gasteiger partial charge in [-0.05, 0) is 0 Å². The summed E-state index contributed by atoms with van der Waals surface area (Å²) in [4.78, 5) is 3.65. The highest BCUT2D eigenvalue weighted by Crippen LogP contribution is 2.10. The van der Waals surface area contributed by atoms with Crippen LogP contribution in [-0.4, -0.2) is 13.4 Å². The molecule has 0 amide bonds. The summed E-state index contributed by atoms with van der Waals surface area (Å²) in [6.07, 6.45) is 1.48. The van der Waals surface area contributed by atoms with Crippen LogP contribution in [-0.2, 0) is 10.2 Å². The summed E-state index contributed by atoms with van der Waals surface area (Å²) in [5.41, 5.74) is 0. The Labute approximate surface area is 62.1 Å². The van der Waals surface area contributed by atoms with Crippen LogP contribution in [0.2, 0.25) is 0 Å². The molecular formula is C3H5N3O2S2. The molecule has 5 nitrogen and oxygen atoms in total. The molecule has 0 aliphatic heterocycles. The SMILES string of the molecule is NS(=O)(=O)Nc1nccs1. The first-order chi connectivity index (χ1) is 4.58. The first-order valence-corrected chi connectivity index (χ1v) is 4.70. The maximum atomic E-state index is 10.3. The number of nitrogens with one attached hydrogen (secondary N) is 1. The Kier molecular flexibility index (Phi) is 1.88. The Morgan fingerprint density at radius 1 is 1.70 bits per heavy atom. The summed E-state index contributed by atoms with van der Waals surface area (Å²) in [6.45, 7) is 0. The minimum atomic E-state index is -3.65. The third-order valence-electron chi connectivity index (χ3n) is 0.662. The molecule has 0 aliphatic rings. The first kappa shape index (κ1) is 7.45. The van der Waals surface area contributed by atoms with Crippen LogP contribution >= 0.6 is 11.3 Å². The van der Waals surface area contributed by atoms with Crippen molar-refractivity contribution in [3.63, 3.8) is 0 Å². The highest BCUT2D eigenvalue weighted by molar-refractivity contribution is 7.90. The quantitative estimate of drug-likeness (QED) is 0.657. The zero-order chi connectivity index (χ0) is 7.61. The summed E-state index contributed by atoms with van der Waals surface area (Å²) in [5.74, 6) is 0. The molecule has 56 valence electrons. The lowest BCUT2D eigenvalue weighted by Gasteiger charge is -1.94. The molecule has 0 saturated heterocycles. The van der Waals surface area contributed by atoms with Gasteiger partial charge in [-0.15, -0.1) is 11.3 Å². The van der Waals surface area contributed by atoms with Crippen LogP contribution in [0, 0.1) is 0 Å². The van der Waals surface area contributed by atoms with E-state index in [2.05, 4.69) is 10.1 Å². The fraction of sp³-hybridized carbons (Fsp3) is 0. The van der Waals surface area contributed by atoms with Crippen LogP contribution in [0.4, 0.5) is 5.13 Å². The van der Waals surface area contributed by atoms with Gasteiger partial charge in [-0.2, -0.15) is 8.42 Å². The molecule has 1 aromatic rings. The van der Waals surface area contributed by atoms with Crippen LogP contribution in [0.5, 0.6) is 0 Å². The number of anilines is 1. The zero-order valence-corrected chi connectivity index (χ0v) is 6.45. The minimum absolute atomic E-state index is 0.280. The van der Waals surface area contributed by atoms with Gasteiger partial charge in [-0.1, -0.05) is 0 Å². The molecule has 0 aromatic carbocycles. The van der Waals surface area contributed by atoms with Gasteiger partial charge in [0.25, 0.3) is 10.2 Å². The molecule has 0 fully saturated rings. The van der Waals surface area contributed by atoms with Gasteiger partial charge in [0.2, 0.25) is 0 Å². The lowest BCUT2D eigenvalue weighted by molar-refractivity contribution is 0.603. The number of nitrogens with two attached hydrogens (primary N) is 1. The fourth-order valence-corrected chi connectivity index (χ4v) is 1.60. The number of hydrogen-bond donors (Lipinski definition) is 2. The molecule has 1 heterocycles. The summed E-state index contributed by atoms with van der Waals surface area (Å²) < 4.78 is 22.7. The molecule has 0 radical (unpaired) electrons. The molecule has 1 aromatic heterocycles. The number of aromatic nitrogens is 1. The van der Waals surface area contributed by atoms with E-state index < -0.39 is 10.2 Å². The van der Waals surface area contributed by atoms with Crippen LogP contribution < -0.4 is 9.86 Å². The van der Waals surface area contributed by atoms with Gasteiger partial charge in [0, 0.05) is 11.6 Å². The molecule has 3 N–H and O–H groups in total. The first-order valence-electron chi connectivity index (χ1n) is 2.28. The normalized spacial score (nSPS) is 11.3. The van der Waals surface area contributed by atoms with E-state index in [1.54, 1.807) is 5.38 Å². The van der Waals surface area contributed by atoms with Crippen molar-refractivity contribution < 1.29 is 8.42 Å². The smallest absolute Gasteiger partial charge is 0.246 e. The van der Waals surface area contributed by atoms with Crippen molar-refractivity contribution >= 4 is 26.7 Å². The summed E-state index contributed by atoms with van der Waals surface area (Å²) >= 11 is 1.17. The molecule has 10 heavy (non-hydrogen) atoms. The van der Waals surface area contributed by atoms with Gasteiger partial charge in [0.05, 0.1) is 0 Å². The Morgan fingerprint density at radius 2 is 2.40 bits per heavy atom. The molecule has 0 saturated carbocycles. The van der Waals surface area contributed by atoms with Crippen molar-refractivity contribution in [1.29, 1.82) is 0 Å². The summed E-state index contributed by atoms with van der Waals surface area (Å²) in [6, 6.07) is 0. The standard InChI is InChI=1S/C3H5N3O2S2/c4-10(7,8)6-3-5-1-2-9-3/h1-2H,(H,5,6)(H2,4,7,8). The highest BCUT2D eigenvalue weighted by Gasteiger charge is 2.02. The van der Waals surface area contributed by atoms with Crippen molar-refractivity contribution in [3.8, 4) is 0 Å². The van der Waals surface area contributed by atoms with Gasteiger partial charge in [-0.3, -0.25) is 0 Å². The highest BCUT2D eigenvalue weighted by atomic mass is 32.2. The van der Waals surface area contributed by atoms with Crippen molar-refractivity contribution in [1.82, 2.24) is 4.98 Å². The third-order valence-corrected chi connectivity index (χ3v) is 1.96. The Balaban J connectivity index is 2.75. The Hall–Kier alpha value is -0.660. The number of thiazole rings is 1. The van der Waals surface area contributed by atoms with E-state index in [1.807, 2.05) is 4.72 Å². The maximum Gasteiger partial charge on any atom is 0.298 e. The predicted octanol–water partition coefficient (Wildman–Crippen LogP) is -0.242. The van der Waals surface area contributed by atoms with E-state index >= 15 is 0 Å². The second kappa shape index (κ2) is 2.52. The monoisotopic (exact) mass is 179 g/mol. The van der Waals surface area contributed by atoms with Crippen molar-refractivity contribution in [2.75, 3.05) is 4.72 Å². The predicted molar refractivity (Wildman–Crippen MR) is 38.8 cm³/mol. The van der Waals surface area contributed by atoms with Crippen LogP contribution in [0.15, 0.2) is 11.6 Å². The largest absolute Gasteiger partial charge is 0.298 e. The molecule has 1 rings (SSSR count). The Bertz CT molecular complexity index is 290. The van der Waals surface area contributed by atoms with Gasteiger partial charge < -0.3 is 0 Å². The average molecular weight is 179 g/mol. The molecular weight excluding hydrogens is 174 g/mol. The summed E-state index contributed by atoms with van der Waals surface area (Å²) in [5, 5.41) is 6.58. The Morgan fingerprint density at radius 3 is 2.80 bits per heavy atom. The van der Waals surface area contributed by atoms with Crippen molar-refractivity contribution in [2.24, 2.45) is 5.14 Å². The fourth-order valence-electron chi connectivity index (χ4n) is 0.396. The topological polar surface area (TPSA) is 85.1 Å². The van der Waals surface area contributed by atoms with E-state index in [0.717, 1.165) is 0 Å². The lowest BCUT2D eigenvalue weighted by atomic mass is 11.0. The number of rotatable bonds is 2. The van der Waals surface area contributed by atoms with Gasteiger partial charge in [-0.25, -0.2) is 14.8 Å². The van der Waals surface area contributed by atoms with Crippen LogP contribution in [0.3, 0.4) is 0 Å². The van der Waals surface area contributed by atoms with E-state index in [-0.39, 0.29) is 5.13 Å². The third kappa shape index (κ3) is 2.29. The van der Waals surface area contributed by atoms with Gasteiger partial charge in [0.1, 0.15) is 0 Å². The van der Waals surface area contributed by atoms with Crippen molar-refractivity contribution in [3.05, 3.63) is 11.6 Å². The van der Waals surface area contributed by atoms with E-state index in [4.69, 9.17) is 0 Å². The van der Waals surface area contributed by atoms with Crippen LogP contribution in [0.1, 0.15) is 0 Å². The minimum Gasteiger partial charge on any atom is -0.246 e. The van der Waals surface area contributed by atoms with Crippen molar-refractivity contribution in [2.45, 2.75) is 0 Å². The second-order valence-corrected chi connectivity index (χ2v) is 3.67. The second-order valence-electron chi connectivity index (χ2n) is 1.48. The van der Waals surface area contributed by atoms with E-state index in [1.165, 1.54) is 17.5 Å². The molecule has 0 atom stereocenters. The molecule has 0 spiro atoms. The van der Waals surface area contributed by atoms with Gasteiger partial charge in [0.15, 0.2) is 5.13 Å². The average Bonchev–Trinajstić information content (AvgIpc) is 2.12. The molecule has 7 heteroatoms. The molecule has 0 bridgehead atoms.